The van der Waals surface area contributed by atoms with Gasteiger partial charge in [-0.15, -0.1) is 0 Å². The summed E-state index contributed by atoms with van der Waals surface area (Å²) in [5, 5.41) is 2.65. The lowest BCUT2D eigenvalue weighted by Gasteiger charge is -2.23. The predicted molar refractivity (Wildman–Crippen MR) is 115 cm³/mol. The van der Waals surface area contributed by atoms with Crippen molar-refractivity contribution >= 4 is 17.7 Å². The molecule has 1 aliphatic heterocycles. The van der Waals surface area contributed by atoms with Crippen molar-refractivity contribution in [2.45, 2.75) is 25.9 Å². The lowest BCUT2D eigenvalue weighted by atomic mass is 10.0. The van der Waals surface area contributed by atoms with Crippen molar-refractivity contribution in [3.05, 3.63) is 71.3 Å². The molecule has 1 heterocycles. The molecule has 2 N–H and O–H groups in total. The van der Waals surface area contributed by atoms with Crippen LogP contribution in [0.15, 0.2) is 54.6 Å². The van der Waals surface area contributed by atoms with E-state index in [1.54, 1.807) is 12.1 Å². The number of rotatable bonds is 9. The summed E-state index contributed by atoms with van der Waals surface area (Å²) in [6, 6.07) is 16.0. The van der Waals surface area contributed by atoms with Gasteiger partial charge in [0.1, 0.15) is 19.6 Å². The zero-order chi connectivity index (χ0) is 22.1. The van der Waals surface area contributed by atoms with Crippen molar-refractivity contribution in [2.24, 2.45) is 0 Å². The van der Waals surface area contributed by atoms with E-state index in [1.165, 1.54) is 11.8 Å². The van der Waals surface area contributed by atoms with Crippen LogP contribution in [0.5, 0.6) is 0 Å². The van der Waals surface area contributed by atoms with Gasteiger partial charge in [0, 0.05) is 5.56 Å². The number of morpholine rings is 1. The van der Waals surface area contributed by atoms with Crippen molar-refractivity contribution in [1.82, 2.24) is 5.32 Å². The second kappa shape index (κ2) is 11.4. The molecule has 0 unspecified atom stereocenters. The van der Waals surface area contributed by atoms with Crippen LogP contribution in [0.4, 0.5) is 0 Å². The third-order valence-electron chi connectivity index (χ3n) is 5.29. The highest BCUT2D eigenvalue weighted by Crippen LogP contribution is 2.07. The molecule has 1 atom stereocenters. The average molecular weight is 426 g/mol. The second-order valence-electron chi connectivity index (χ2n) is 7.73. The molecular weight excluding hydrogens is 396 g/mol. The van der Waals surface area contributed by atoms with Gasteiger partial charge in [-0.1, -0.05) is 42.5 Å². The monoisotopic (exact) mass is 425 g/mol. The summed E-state index contributed by atoms with van der Waals surface area (Å²) in [5.41, 5.74) is 2.47. The van der Waals surface area contributed by atoms with Gasteiger partial charge in [-0.2, -0.15) is 0 Å². The van der Waals surface area contributed by atoms with Gasteiger partial charge in [-0.25, -0.2) is 4.79 Å². The minimum absolute atomic E-state index is 0.151. The third-order valence-corrected chi connectivity index (χ3v) is 5.29. The molecule has 0 aromatic heterocycles. The van der Waals surface area contributed by atoms with E-state index in [4.69, 9.17) is 9.47 Å². The Kier molecular flexibility index (Phi) is 8.32. The lowest BCUT2D eigenvalue weighted by molar-refractivity contribution is -0.921. The van der Waals surface area contributed by atoms with Crippen LogP contribution in [-0.4, -0.2) is 56.6 Å². The molecule has 1 aliphatic rings. The molecule has 2 aromatic rings. The molecule has 0 aliphatic carbocycles. The maximum atomic E-state index is 12.3. The molecule has 0 bridgehead atoms. The van der Waals surface area contributed by atoms with Gasteiger partial charge in [-0.3, -0.25) is 9.59 Å². The van der Waals surface area contributed by atoms with E-state index in [1.807, 2.05) is 42.5 Å². The summed E-state index contributed by atoms with van der Waals surface area (Å²) in [6.45, 7) is 5.39. The van der Waals surface area contributed by atoms with Crippen LogP contribution in [0.1, 0.15) is 28.4 Å². The van der Waals surface area contributed by atoms with E-state index in [0.29, 0.717) is 12.0 Å². The zero-order valence-corrected chi connectivity index (χ0v) is 17.8. The van der Waals surface area contributed by atoms with Gasteiger partial charge in [0.05, 0.1) is 24.8 Å². The van der Waals surface area contributed by atoms with Gasteiger partial charge >= 0.3 is 5.97 Å². The van der Waals surface area contributed by atoms with Gasteiger partial charge in [-0.05, 0) is 31.0 Å². The fraction of sp³-hybridized carbons (Fsp3) is 0.375. The maximum Gasteiger partial charge on any atom is 0.338 e. The summed E-state index contributed by atoms with van der Waals surface area (Å²) in [6.07, 6.45) is 0.391. The highest BCUT2D eigenvalue weighted by atomic mass is 16.5. The topological polar surface area (TPSA) is 86.1 Å². The standard InChI is InChI=1S/C24H28N2O5/c1-18(27)22(15-19-5-3-2-4-6-19)25-23(28)17-31-24(29)21-9-7-20(8-10-21)16-26-11-13-30-14-12-26/h2-10,22H,11-17H2,1H3,(H,25,28)/p+1/t22-/m1/s1. The number of Topliss-reactive ketones (excluding diaryl/α,β-unsaturated/α-hetero) is 1. The summed E-state index contributed by atoms with van der Waals surface area (Å²) < 4.78 is 10.5. The van der Waals surface area contributed by atoms with E-state index in [9.17, 15) is 14.4 Å². The number of quaternary nitrogens is 1. The molecule has 1 amide bonds. The van der Waals surface area contributed by atoms with Crippen molar-refractivity contribution in [2.75, 3.05) is 32.9 Å². The van der Waals surface area contributed by atoms with Gasteiger partial charge < -0.3 is 19.7 Å². The maximum absolute atomic E-state index is 12.3. The first kappa shape index (κ1) is 22.7. The SMILES string of the molecule is CC(=O)[C@@H](Cc1ccccc1)NC(=O)COC(=O)c1ccc(C[NH+]2CCOCC2)cc1. The van der Waals surface area contributed by atoms with Crippen LogP contribution in [-0.2, 0) is 32.0 Å². The molecule has 7 heteroatoms. The van der Waals surface area contributed by atoms with E-state index < -0.39 is 24.5 Å². The Balaban J connectivity index is 1.46. The molecule has 2 aromatic carbocycles. The molecule has 3 rings (SSSR count). The molecule has 1 fully saturated rings. The third kappa shape index (κ3) is 7.31. The van der Waals surface area contributed by atoms with E-state index in [0.717, 1.165) is 44.0 Å². The fourth-order valence-electron chi connectivity index (χ4n) is 3.48. The second-order valence-corrected chi connectivity index (χ2v) is 7.73. The van der Waals surface area contributed by atoms with Crippen LogP contribution in [0.2, 0.25) is 0 Å². The first-order valence-corrected chi connectivity index (χ1v) is 10.5. The van der Waals surface area contributed by atoms with Crippen LogP contribution >= 0.6 is 0 Å². The first-order valence-electron chi connectivity index (χ1n) is 10.5. The van der Waals surface area contributed by atoms with Crippen LogP contribution < -0.4 is 10.2 Å². The largest absolute Gasteiger partial charge is 0.452 e. The van der Waals surface area contributed by atoms with Crippen molar-refractivity contribution in [1.29, 1.82) is 0 Å². The Bertz CT molecular complexity index is 877. The number of nitrogens with one attached hydrogen (secondary N) is 2. The van der Waals surface area contributed by atoms with Gasteiger partial charge in [0.15, 0.2) is 12.4 Å². The number of hydrogen-bond donors (Lipinski definition) is 2. The number of benzene rings is 2. The van der Waals surface area contributed by atoms with Crippen molar-refractivity contribution < 1.29 is 28.8 Å². The van der Waals surface area contributed by atoms with Crippen LogP contribution in [0.3, 0.4) is 0 Å². The number of esters is 1. The summed E-state index contributed by atoms with van der Waals surface area (Å²) >= 11 is 0. The molecule has 0 radical (unpaired) electrons. The molecule has 7 nitrogen and oxygen atoms in total. The number of ether oxygens (including phenoxy) is 2. The first-order chi connectivity index (χ1) is 15.0. The van der Waals surface area contributed by atoms with Gasteiger partial charge in [0.25, 0.3) is 5.91 Å². The summed E-state index contributed by atoms with van der Waals surface area (Å²) in [5.74, 6) is -1.22. The van der Waals surface area contributed by atoms with Gasteiger partial charge in [0.2, 0.25) is 0 Å². The Morgan fingerprint density at radius 2 is 1.68 bits per heavy atom. The summed E-state index contributed by atoms with van der Waals surface area (Å²) in [4.78, 5) is 37.8. The Morgan fingerprint density at radius 3 is 2.32 bits per heavy atom. The molecule has 1 saturated heterocycles. The van der Waals surface area contributed by atoms with E-state index in [-0.39, 0.29) is 5.78 Å². The Hall–Kier alpha value is -3.03. The van der Waals surface area contributed by atoms with E-state index in [2.05, 4.69) is 5.32 Å². The number of carbonyl (C=O) groups is 3. The normalized spacial score (nSPS) is 15.1. The zero-order valence-electron chi connectivity index (χ0n) is 17.8. The Morgan fingerprint density at radius 1 is 1.00 bits per heavy atom. The quantitative estimate of drug-likeness (QED) is 0.574. The highest BCUT2D eigenvalue weighted by molar-refractivity contribution is 5.92. The van der Waals surface area contributed by atoms with E-state index >= 15 is 0 Å². The fourth-order valence-corrected chi connectivity index (χ4v) is 3.48. The number of ketones is 1. The highest BCUT2D eigenvalue weighted by Gasteiger charge is 2.19. The molecule has 0 saturated carbocycles. The smallest absolute Gasteiger partial charge is 0.338 e. The van der Waals surface area contributed by atoms with Crippen molar-refractivity contribution in [3.63, 3.8) is 0 Å². The number of amides is 1. The number of carbonyl (C=O) groups excluding carboxylic acids is 3. The average Bonchev–Trinajstić information content (AvgIpc) is 2.79. The minimum atomic E-state index is -0.657. The van der Waals surface area contributed by atoms with Crippen molar-refractivity contribution in [3.8, 4) is 0 Å². The van der Waals surface area contributed by atoms with Crippen LogP contribution in [0.25, 0.3) is 0 Å². The summed E-state index contributed by atoms with van der Waals surface area (Å²) in [7, 11) is 0. The molecule has 0 spiro atoms. The lowest BCUT2D eigenvalue weighted by Crippen LogP contribution is -3.12. The number of hydrogen-bond acceptors (Lipinski definition) is 5. The Labute approximate surface area is 182 Å². The van der Waals surface area contributed by atoms with Crippen LogP contribution in [0, 0.1) is 0 Å². The molecule has 164 valence electrons. The minimum Gasteiger partial charge on any atom is -0.452 e. The molecular formula is C24H29N2O5+. The molecule has 31 heavy (non-hydrogen) atoms. The predicted octanol–water partition coefficient (Wildman–Crippen LogP) is 0.575.